The second-order valence-electron chi connectivity index (χ2n) is 14.1. The minimum atomic E-state index is -1.20. The molecule has 15 nitrogen and oxygen atoms in total. The molecule has 292 valence electrons. The fraction of sp³-hybridized carbons (Fsp3) is 0.400. The molecule has 15 heteroatoms. The summed E-state index contributed by atoms with van der Waals surface area (Å²) in [6.07, 6.45) is 0.0387. The van der Waals surface area contributed by atoms with Gasteiger partial charge >= 0.3 is 0 Å². The molecule has 55 heavy (non-hydrogen) atoms. The number of rotatable bonds is 3. The SMILES string of the molecule is COc1ccc(C[C@H]2C(=O)N[C@@H](C)C(=O)N(C)[C@H]3Cc4ccc(O)c(c4)Oc4ccc(cc4)C[C@@H](C(=O)N[C@H](C)C(=O)N[C@@H](C)C(=O)N2C)N(C)C3=O)cc1. The van der Waals surface area contributed by atoms with Gasteiger partial charge in [-0.15, -0.1) is 0 Å². The van der Waals surface area contributed by atoms with Crippen molar-refractivity contribution in [1.82, 2.24) is 30.7 Å². The monoisotopic (exact) mass is 756 g/mol. The van der Waals surface area contributed by atoms with Crippen LogP contribution in [-0.4, -0.2) is 120 Å². The highest BCUT2D eigenvalue weighted by Crippen LogP contribution is 2.33. The first kappa shape index (κ1) is 40.1. The zero-order chi connectivity index (χ0) is 40.1. The molecule has 0 aromatic heterocycles. The summed E-state index contributed by atoms with van der Waals surface area (Å²) in [5, 5.41) is 18.7. The maximum Gasteiger partial charge on any atom is 0.246 e. The molecule has 6 atom stereocenters. The van der Waals surface area contributed by atoms with Crippen molar-refractivity contribution in [2.45, 2.75) is 76.3 Å². The number of phenolic OH excluding ortho intramolecular Hbond substituents is 1. The number of nitrogens with one attached hydrogen (secondary N) is 3. The first-order chi connectivity index (χ1) is 26.1. The number of hydrogen-bond donors (Lipinski definition) is 4. The second kappa shape index (κ2) is 16.9. The van der Waals surface area contributed by atoms with Gasteiger partial charge in [-0.25, -0.2) is 0 Å². The standard InChI is InChI=1S/C40H48N6O9/c1-22-35(48)42-23(2)38(51)44(4)30(18-25-8-13-28(54-7)14-9-25)37(50)43-24(3)39(52)46(6)32-20-27-12-17-33(47)34(21-27)55-29-15-10-26(11-16-29)19-31(36(49)41-22)45(5)40(32)53/h8-17,21-24,30-32,47H,18-20H2,1-7H3,(H,41,49)(H,42,48)(H,43,50)/t22-,23+,24+,30+,31+,32+/m1/s1. The molecule has 3 aromatic carbocycles. The number of carbonyl (C=O) groups excluding carboxylic acids is 6. The van der Waals surface area contributed by atoms with Crippen molar-refractivity contribution >= 4 is 35.4 Å². The van der Waals surface area contributed by atoms with Crippen molar-refractivity contribution in [2.24, 2.45) is 0 Å². The Bertz CT molecular complexity index is 1940. The number of nitrogens with zero attached hydrogens (tertiary/aromatic N) is 3. The third kappa shape index (κ3) is 9.16. The fourth-order valence-electron chi connectivity index (χ4n) is 6.67. The van der Waals surface area contributed by atoms with Gasteiger partial charge in [0.15, 0.2) is 11.5 Å². The van der Waals surface area contributed by atoms with Crippen molar-refractivity contribution in [3.63, 3.8) is 0 Å². The Kier molecular flexibility index (Phi) is 12.3. The number of benzene rings is 3. The molecule has 0 aliphatic carbocycles. The van der Waals surface area contributed by atoms with Gasteiger partial charge in [0, 0.05) is 40.4 Å². The van der Waals surface area contributed by atoms with Gasteiger partial charge in [0.1, 0.15) is 47.8 Å². The third-order valence-corrected chi connectivity index (χ3v) is 10.2. The van der Waals surface area contributed by atoms with Crippen LogP contribution in [-0.2, 0) is 48.0 Å². The van der Waals surface area contributed by atoms with Crippen LogP contribution in [0.4, 0.5) is 0 Å². The fourth-order valence-corrected chi connectivity index (χ4v) is 6.67. The Morgan fingerprint density at radius 3 is 1.84 bits per heavy atom. The number of methoxy groups -OCH3 is 1. The van der Waals surface area contributed by atoms with Crippen LogP contribution in [0.3, 0.4) is 0 Å². The molecule has 1 fully saturated rings. The van der Waals surface area contributed by atoms with E-state index in [4.69, 9.17) is 9.47 Å². The summed E-state index contributed by atoms with van der Waals surface area (Å²) in [5.41, 5.74) is 1.89. The van der Waals surface area contributed by atoms with E-state index in [1.165, 1.54) is 69.8 Å². The zero-order valence-corrected chi connectivity index (χ0v) is 32.0. The van der Waals surface area contributed by atoms with Crippen LogP contribution in [0.2, 0.25) is 0 Å². The van der Waals surface area contributed by atoms with E-state index >= 15 is 0 Å². The number of carbonyl (C=O) groups is 6. The summed E-state index contributed by atoms with van der Waals surface area (Å²) in [5.74, 6) is -2.69. The van der Waals surface area contributed by atoms with Gasteiger partial charge in [-0.05, 0) is 73.9 Å². The van der Waals surface area contributed by atoms with Crippen LogP contribution < -0.4 is 25.4 Å². The van der Waals surface area contributed by atoms with Crippen LogP contribution in [0, 0.1) is 0 Å². The van der Waals surface area contributed by atoms with Gasteiger partial charge in [0.25, 0.3) is 0 Å². The smallest absolute Gasteiger partial charge is 0.246 e. The van der Waals surface area contributed by atoms with E-state index in [0.717, 1.165) is 0 Å². The molecule has 0 unspecified atom stereocenters. The molecule has 1 saturated heterocycles. The number of amides is 6. The molecule has 6 rings (SSSR count). The van der Waals surface area contributed by atoms with Crippen LogP contribution in [0.15, 0.2) is 66.7 Å². The highest BCUT2D eigenvalue weighted by molar-refractivity contribution is 5.98. The lowest BCUT2D eigenvalue weighted by molar-refractivity contribution is -0.149. The average molecular weight is 757 g/mol. The van der Waals surface area contributed by atoms with Crippen molar-refractivity contribution in [3.8, 4) is 23.0 Å². The van der Waals surface area contributed by atoms with Crippen LogP contribution in [0.25, 0.3) is 0 Å². The molecule has 4 N–H and O–H groups in total. The highest BCUT2D eigenvalue weighted by Gasteiger charge is 2.39. The van der Waals surface area contributed by atoms with Gasteiger partial charge < -0.3 is 45.2 Å². The quantitative estimate of drug-likeness (QED) is 0.308. The minimum absolute atomic E-state index is 0.0331. The highest BCUT2D eigenvalue weighted by atomic mass is 16.5. The third-order valence-electron chi connectivity index (χ3n) is 10.2. The summed E-state index contributed by atoms with van der Waals surface area (Å²) >= 11 is 0. The number of ether oxygens (including phenoxy) is 2. The summed E-state index contributed by atoms with van der Waals surface area (Å²) in [7, 11) is 5.86. The second-order valence-corrected chi connectivity index (χ2v) is 14.1. The number of fused-ring (bicyclic) bond motifs is 2. The van der Waals surface area contributed by atoms with E-state index < -0.39 is 71.7 Å². The largest absolute Gasteiger partial charge is 0.504 e. The predicted octanol–water partition coefficient (Wildman–Crippen LogP) is 1.54. The van der Waals surface area contributed by atoms with Crippen molar-refractivity contribution < 1.29 is 43.3 Å². The molecular weight excluding hydrogens is 708 g/mol. The van der Waals surface area contributed by atoms with Gasteiger partial charge in [-0.2, -0.15) is 0 Å². The molecule has 3 heterocycles. The molecular formula is C40H48N6O9. The summed E-state index contributed by atoms with van der Waals surface area (Å²) < 4.78 is 11.2. The van der Waals surface area contributed by atoms with E-state index in [0.29, 0.717) is 28.2 Å². The Hall–Kier alpha value is -6.12. The van der Waals surface area contributed by atoms with Crippen LogP contribution in [0.1, 0.15) is 37.5 Å². The van der Waals surface area contributed by atoms with E-state index in [2.05, 4.69) is 16.0 Å². The lowest BCUT2D eigenvalue weighted by Gasteiger charge is -2.36. The Morgan fingerprint density at radius 2 is 1.20 bits per heavy atom. The maximum atomic E-state index is 14.6. The molecule has 0 saturated carbocycles. The number of likely N-dealkylation sites (N-methyl/N-ethyl adjacent to an activating group) is 3. The molecule has 3 aliphatic heterocycles. The van der Waals surface area contributed by atoms with Crippen LogP contribution in [0.5, 0.6) is 23.0 Å². The minimum Gasteiger partial charge on any atom is -0.504 e. The Morgan fingerprint density at radius 1 is 0.655 bits per heavy atom. The van der Waals surface area contributed by atoms with Gasteiger partial charge in [0.2, 0.25) is 35.4 Å². The lowest BCUT2D eigenvalue weighted by atomic mass is 9.98. The van der Waals surface area contributed by atoms with E-state index in [1.807, 2.05) is 0 Å². The number of aromatic hydroxyl groups is 1. The molecule has 0 spiro atoms. The van der Waals surface area contributed by atoms with Crippen molar-refractivity contribution in [1.29, 1.82) is 0 Å². The molecule has 3 aliphatic rings. The average Bonchev–Trinajstić information content (AvgIpc) is 3.17. The van der Waals surface area contributed by atoms with Crippen molar-refractivity contribution in [3.05, 3.63) is 83.4 Å². The first-order valence-corrected chi connectivity index (χ1v) is 18.0. The molecule has 3 aromatic rings. The molecule has 6 amide bonds. The summed E-state index contributed by atoms with van der Waals surface area (Å²) in [6, 6.07) is 11.5. The van der Waals surface area contributed by atoms with Crippen LogP contribution >= 0.6 is 0 Å². The van der Waals surface area contributed by atoms with Gasteiger partial charge in [-0.3, -0.25) is 28.8 Å². The number of phenols is 1. The summed E-state index contributed by atoms with van der Waals surface area (Å²) in [6.45, 7) is 4.42. The zero-order valence-electron chi connectivity index (χ0n) is 32.0. The number of hydrogen-bond acceptors (Lipinski definition) is 9. The molecule has 0 radical (unpaired) electrons. The van der Waals surface area contributed by atoms with Crippen molar-refractivity contribution in [2.75, 3.05) is 28.3 Å². The lowest BCUT2D eigenvalue weighted by Crippen LogP contribution is -2.61. The normalized spacial score (nSPS) is 24.6. The van der Waals surface area contributed by atoms with Gasteiger partial charge in [-0.1, -0.05) is 30.3 Å². The van der Waals surface area contributed by atoms with E-state index in [1.54, 1.807) is 60.7 Å². The molecule has 6 bridgehead atoms. The summed E-state index contributed by atoms with van der Waals surface area (Å²) in [4.78, 5) is 87.8. The predicted molar refractivity (Wildman–Crippen MR) is 201 cm³/mol. The van der Waals surface area contributed by atoms with Gasteiger partial charge in [0.05, 0.1) is 7.11 Å². The maximum absolute atomic E-state index is 14.6. The topological polar surface area (TPSA) is 187 Å². The van der Waals surface area contributed by atoms with E-state index in [9.17, 15) is 33.9 Å². The Balaban J connectivity index is 1.58. The van der Waals surface area contributed by atoms with E-state index in [-0.39, 0.29) is 30.8 Å². The first-order valence-electron chi connectivity index (χ1n) is 18.0. The Labute approximate surface area is 319 Å².